The van der Waals surface area contributed by atoms with Crippen molar-refractivity contribution in [3.8, 4) is 0 Å². The maximum absolute atomic E-state index is 12.0. The van der Waals surface area contributed by atoms with Gasteiger partial charge in [0.05, 0.1) is 0 Å². The van der Waals surface area contributed by atoms with E-state index in [0.717, 1.165) is 6.42 Å². The van der Waals surface area contributed by atoms with Crippen molar-refractivity contribution in [2.75, 3.05) is 11.9 Å². The molecule has 1 unspecified atom stereocenters. The molecule has 0 spiro atoms. The van der Waals surface area contributed by atoms with Crippen molar-refractivity contribution in [3.63, 3.8) is 0 Å². The molecule has 5 nitrogen and oxygen atoms in total. The van der Waals surface area contributed by atoms with Gasteiger partial charge in [0.1, 0.15) is 0 Å². The third-order valence-electron chi connectivity index (χ3n) is 2.73. The zero-order chi connectivity index (χ0) is 13.7. The van der Waals surface area contributed by atoms with Gasteiger partial charge < -0.3 is 15.6 Å². The van der Waals surface area contributed by atoms with Crippen molar-refractivity contribution in [2.24, 2.45) is 11.7 Å². The van der Waals surface area contributed by atoms with E-state index in [2.05, 4.69) is 24.1 Å². The van der Waals surface area contributed by atoms with Gasteiger partial charge in [-0.25, -0.2) is 4.98 Å². The summed E-state index contributed by atoms with van der Waals surface area (Å²) in [5, 5.41) is 3.04. The van der Waals surface area contributed by atoms with Gasteiger partial charge in [-0.15, -0.1) is 0 Å². The quantitative estimate of drug-likeness (QED) is 0.806. The van der Waals surface area contributed by atoms with Gasteiger partial charge in [-0.05, 0) is 26.2 Å². The third-order valence-corrected chi connectivity index (χ3v) is 2.73. The minimum absolute atomic E-state index is 0.0407. The fourth-order valence-corrected chi connectivity index (χ4v) is 1.87. The first-order valence-corrected chi connectivity index (χ1v) is 6.48. The summed E-state index contributed by atoms with van der Waals surface area (Å²) in [6.45, 7) is 8.77. The number of anilines is 1. The largest absolute Gasteiger partial charge is 0.364 e. The molecule has 0 aromatic carbocycles. The molecular weight excluding hydrogens is 228 g/mol. The summed E-state index contributed by atoms with van der Waals surface area (Å²) in [7, 11) is 0. The van der Waals surface area contributed by atoms with E-state index in [-0.39, 0.29) is 17.6 Å². The number of nitrogens with one attached hydrogen (secondary N) is 1. The van der Waals surface area contributed by atoms with Crippen LogP contribution in [0.25, 0.3) is 0 Å². The van der Waals surface area contributed by atoms with E-state index in [1.54, 1.807) is 17.0 Å². The topological polar surface area (TPSA) is 72.9 Å². The summed E-state index contributed by atoms with van der Waals surface area (Å²) in [6, 6.07) is 0.171. The fourth-order valence-electron chi connectivity index (χ4n) is 1.87. The lowest BCUT2D eigenvalue weighted by atomic mass is 10.0. The normalized spacial score (nSPS) is 13.1. The highest BCUT2D eigenvalue weighted by Gasteiger charge is 2.09. The Balaban J connectivity index is 2.68. The molecule has 1 aromatic heterocycles. The predicted molar refractivity (Wildman–Crippen MR) is 74.8 cm³/mol. The second-order valence-corrected chi connectivity index (χ2v) is 5.35. The number of nitrogens with two attached hydrogens (primary N) is 1. The Bertz CT molecular complexity index is 425. The zero-order valence-electron chi connectivity index (χ0n) is 11.7. The summed E-state index contributed by atoms with van der Waals surface area (Å²) in [6.07, 6.45) is 4.27. The van der Waals surface area contributed by atoms with Crippen LogP contribution in [0.3, 0.4) is 0 Å². The van der Waals surface area contributed by atoms with Crippen LogP contribution in [-0.2, 0) is 0 Å². The maximum Gasteiger partial charge on any atom is 0.293 e. The first kappa shape index (κ1) is 14.7. The lowest BCUT2D eigenvalue weighted by Gasteiger charge is -2.16. The molecule has 18 heavy (non-hydrogen) atoms. The van der Waals surface area contributed by atoms with E-state index in [0.29, 0.717) is 18.3 Å². The van der Waals surface area contributed by atoms with Crippen LogP contribution in [0.5, 0.6) is 0 Å². The molecule has 0 saturated carbocycles. The van der Waals surface area contributed by atoms with E-state index < -0.39 is 0 Å². The maximum atomic E-state index is 12.0. The van der Waals surface area contributed by atoms with Gasteiger partial charge in [0.2, 0.25) is 0 Å². The Labute approximate surface area is 108 Å². The van der Waals surface area contributed by atoms with Crippen molar-refractivity contribution >= 4 is 5.82 Å². The second-order valence-electron chi connectivity index (χ2n) is 5.35. The van der Waals surface area contributed by atoms with Crippen molar-refractivity contribution < 1.29 is 0 Å². The van der Waals surface area contributed by atoms with Gasteiger partial charge in [-0.2, -0.15) is 0 Å². The molecule has 0 radical (unpaired) electrons. The third kappa shape index (κ3) is 4.14. The molecule has 1 rings (SSSR count). The molecule has 5 heteroatoms. The molecule has 0 aliphatic heterocycles. The Hall–Kier alpha value is -1.36. The Morgan fingerprint density at radius 1 is 1.39 bits per heavy atom. The monoisotopic (exact) mass is 252 g/mol. The van der Waals surface area contributed by atoms with Crippen LogP contribution in [-0.4, -0.2) is 22.1 Å². The minimum atomic E-state index is -0.0933. The van der Waals surface area contributed by atoms with Crippen LogP contribution in [0.1, 0.15) is 40.2 Å². The summed E-state index contributed by atoms with van der Waals surface area (Å²) < 4.78 is 1.66. The highest BCUT2D eigenvalue weighted by atomic mass is 16.1. The minimum Gasteiger partial charge on any atom is -0.364 e. The van der Waals surface area contributed by atoms with E-state index in [4.69, 9.17) is 5.73 Å². The molecule has 3 N–H and O–H groups in total. The van der Waals surface area contributed by atoms with E-state index in [1.165, 1.54) is 0 Å². The van der Waals surface area contributed by atoms with Gasteiger partial charge in [0.15, 0.2) is 5.82 Å². The van der Waals surface area contributed by atoms with Gasteiger partial charge in [-0.3, -0.25) is 4.79 Å². The molecule has 0 aliphatic carbocycles. The fraction of sp³-hybridized carbons (Fsp3) is 0.692. The molecular formula is C13H24N4O. The average molecular weight is 252 g/mol. The summed E-state index contributed by atoms with van der Waals surface area (Å²) in [5.41, 5.74) is 5.88. The molecule has 0 saturated heterocycles. The van der Waals surface area contributed by atoms with Crippen LogP contribution in [0.15, 0.2) is 17.2 Å². The Morgan fingerprint density at radius 2 is 2.06 bits per heavy atom. The first-order valence-electron chi connectivity index (χ1n) is 6.48. The summed E-state index contributed by atoms with van der Waals surface area (Å²) >= 11 is 0. The van der Waals surface area contributed by atoms with Gasteiger partial charge >= 0.3 is 0 Å². The summed E-state index contributed by atoms with van der Waals surface area (Å²) in [5.74, 6) is 0.934. The van der Waals surface area contributed by atoms with E-state index in [1.807, 2.05) is 13.8 Å². The van der Waals surface area contributed by atoms with Gasteiger partial charge in [0.25, 0.3) is 5.56 Å². The van der Waals surface area contributed by atoms with Crippen LogP contribution in [0.4, 0.5) is 5.82 Å². The molecule has 1 heterocycles. The van der Waals surface area contributed by atoms with Crippen molar-refractivity contribution in [3.05, 3.63) is 22.7 Å². The number of nitrogens with zero attached hydrogens (tertiary/aromatic N) is 2. The van der Waals surface area contributed by atoms with Crippen molar-refractivity contribution in [2.45, 2.75) is 46.2 Å². The molecule has 1 atom stereocenters. The standard InChI is InChI=1S/C13H24N4O/c1-9(2)7-11(14)8-16-12-13(18)17(10(3)4)6-5-15-12/h5-6,9-11H,7-8,14H2,1-4H3,(H,15,16). The van der Waals surface area contributed by atoms with E-state index in [9.17, 15) is 4.79 Å². The molecule has 102 valence electrons. The van der Waals surface area contributed by atoms with Gasteiger partial charge in [0, 0.05) is 31.0 Å². The highest BCUT2D eigenvalue weighted by Crippen LogP contribution is 2.04. The average Bonchev–Trinajstić information content (AvgIpc) is 2.26. The number of hydrogen-bond donors (Lipinski definition) is 2. The van der Waals surface area contributed by atoms with Crippen LogP contribution < -0.4 is 16.6 Å². The van der Waals surface area contributed by atoms with Crippen LogP contribution >= 0.6 is 0 Å². The summed E-state index contributed by atoms with van der Waals surface area (Å²) in [4.78, 5) is 16.1. The smallest absolute Gasteiger partial charge is 0.293 e. The van der Waals surface area contributed by atoms with Crippen LogP contribution in [0, 0.1) is 5.92 Å². The van der Waals surface area contributed by atoms with Gasteiger partial charge in [-0.1, -0.05) is 13.8 Å². The second kappa shape index (κ2) is 6.54. The molecule has 0 amide bonds. The number of hydrogen-bond acceptors (Lipinski definition) is 4. The highest BCUT2D eigenvalue weighted by molar-refractivity contribution is 5.31. The molecule has 0 bridgehead atoms. The Morgan fingerprint density at radius 3 is 2.61 bits per heavy atom. The van der Waals surface area contributed by atoms with Crippen molar-refractivity contribution in [1.29, 1.82) is 0 Å². The molecule has 1 aromatic rings. The lowest BCUT2D eigenvalue weighted by molar-refractivity contribution is 0.507. The number of rotatable bonds is 6. The Kier molecular flexibility index (Phi) is 5.34. The van der Waals surface area contributed by atoms with Crippen molar-refractivity contribution in [1.82, 2.24) is 9.55 Å². The SMILES string of the molecule is CC(C)CC(N)CNc1nccn(C(C)C)c1=O. The zero-order valence-corrected chi connectivity index (χ0v) is 11.7. The predicted octanol–water partition coefficient (Wildman–Crippen LogP) is 1.61. The lowest BCUT2D eigenvalue weighted by Crippen LogP contribution is -2.33. The molecule has 0 fully saturated rings. The van der Waals surface area contributed by atoms with Crippen LogP contribution in [0.2, 0.25) is 0 Å². The number of aromatic nitrogens is 2. The molecule has 0 aliphatic rings. The van der Waals surface area contributed by atoms with E-state index >= 15 is 0 Å². The first-order chi connectivity index (χ1) is 8.41.